The van der Waals surface area contributed by atoms with Crippen molar-refractivity contribution in [1.29, 1.82) is 0 Å². The van der Waals surface area contributed by atoms with Crippen LogP contribution in [0.15, 0.2) is 18.2 Å². The molecule has 2 aliphatic heterocycles. The second-order valence-electron chi connectivity index (χ2n) is 6.97. The summed E-state index contributed by atoms with van der Waals surface area (Å²) in [7, 11) is 1.62. The molecule has 3 rings (SSSR count). The Bertz CT molecular complexity index is 661. The fourth-order valence-electron chi connectivity index (χ4n) is 3.61. The van der Waals surface area contributed by atoms with E-state index >= 15 is 0 Å². The van der Waals surface area contributed by atoms with Gasteiger partial charge >= 0.3 is 0 Å². The van der Waals surface area contributed by atoms with Crippen LogP contribution in [0.3, 0.4) is 0 Å². The van der Waals surface area contributed by atoms with E-state index in [-0.39, 0.29) is 17.7 Å². The molecule has 2 amide bonds. The molecule has 0 saturated carbocycles. The molecule has 2 aliphatic rings. The van der Waals surface area contributed by atoms with E-state index in [1.54, 1.807) is 18.1 Å². The first-order chi connectivity index (χ1) is 12.6. The van der Waals surface area contributed by atoms with Crippen molar-refractivity contribution in [1.82, 2.24) is 10.2 Å². The van der Waals surface area contributed by atoms with Gasteiger partial charge in [0.05, 0.1) is 17.3 Å². The highest BCUT2D eigenvalue weighted by Gasteiger charge is 2.29. The Balaban J connectivity index is 1.52. The fourth-order valence-corrected chi connectivity index (χ4v) is 3.91. The highest BCUT2D eigenvalue weighted by atomic mass is 35.5. The van der Waals surface area contributed by atoms with Crippen LogP contribution in [0.2, 0.25) is 5.02 Å². The molecule has 1 atom stereocenters. The molecule has 0 bridgehead atoms. The van der Waals surface area contributed by atoms with Crippen molar-refractivity contribution in [3.8, 4) is 0 Å². The molecule has 1 aromatic rings. The molecule has 2 fully saturated rings. The molecule has 1 aromatic carbocycles. The monoisotopic (exact) mass is 379 g/mol. The molecule has 2 heterocycles. The van der Waals surface area contributed by atoms with E-state index < -0.39 is 0 Å². The number of carbonyl (C=O) groups is 2. The zero-order valence-corrected chi connectivity index (χ0v) is 15.9. The Kier molecular flexibility index (Phi) is 6.38. The minimum absolute atomic E-state index is 0.124. The van der Waals surface area contributed by atoms with Gasteiger partial charge in [-0.3, -0.25) is 9.59 Å². The largest absolute Gasteiger partial charge is 0.383 e. The molecule has 26 heavy (non-hydrogen) atoms. The predicted molar refractivity (Wildman–Crippen MR) is 102 cm³/mol. The van der Waals surface area contributed by atoms with Gasteiger partial charge in [0.1, 0.15) is 0 Å². The molecular formula is C19H26ClN3O3. The summed E-state index contributed by atoms with van der Waals surface area (Å²) < 4.78 is 5.02. The summed E-state index contributed by atoms with van der Waals surface area (Å²) in [6.07, 6.45) is 2.83. The lowest BCUT2D eigenvalue weighted by atomic mass is 10.1. The van der Waals surface area contributed by atoms with Crippen molar-refractivity contribution in [2.75, 3.05) is 51.3 Å². The summed E-state index contributed by atoms with van der Waals surface area (Å²) in [5.41, 5.74) is 1.55. The van der Waals surface area contributed by atoms with Gasteiger partial charge in [0.25, 0.3) is 5.91 Å². The summed E-state index contributed by atoms with van der Waals surface area (Å²) in [5.74, 6) is 0.115. The number of anilines is 1. The van der Waals surface area contributed by atoms with Crippen LogP contribution in [0.1, 0.15) is 29.6 Å². The summed E-state index contributed by atoms with van der Waals surface area (Å²) in [6.45, 7) is 4.32. The Morgan fingerprint density at radius 1 is 1.35 bits per heavy atom. The second-order valence-corrected chi connectivity index (χ2v) is 7.38. The Hall–Kier alpha value is -1.79. The third-order valence-electron chi connectivity index (χ3n) is 5.07. The second kappa shape index (κ2) is 8.73. The molecular weight excluding hydrogens is 354 g/mol. The lowest BCUT2D eigenvalue weighted by Crippen LogP contribution is -2.32. The van der Waals surface area contributed by atoms with Gasteiger partial charge in [0.15, 0.2) is 0 Å². The summed E-state index contributed by atoms with van der Waals surface area (Å²) >= 11 is 6.38. The highest BCUT2D eigenvalue weighted by molar-refractivity contribution is 6.33. The SMILES string of the molecule is COCCN1C[C@@H](CNC(=O)c2ccc(N3CCCC3)c(Cl)c2)CC1=O. The minimum Gasteiger partial charge on any atom is -0.383 e. The van der Waals surface area contributed by atoms with Crippen molar-refractivity contribution in [2.45, 2.75) is 19.3 Å². The van der Waals surface area contributed by atoms with E-state index in [0.717, 1.165) is 18.8 Å². The third-order valence-corrected chi connectivity index (χ3v) is 5.37. The zero-order valence-electron chi connectivity index (χ0n) is 15.2. The summed E-state index contributed by atoms with van der Waals surface area (Å²) in [5, 5.41) is 3.55. The molecule has 2 saturated heterocycles. The van der Waals surface area contributed by atoms with E-state index in [4.69, 9.17) is 16.3 Å². The number of nitrogens with one attached hydrogen (secondary N) is 1. The number of rotatable bonds is 7. The van der Waals surface area contributed by atoms with Crippen LogP contribution >= 0.6 is 11.6 Å². The zero-order chi connectivity index (χ0) is 18.5. The number of benzene rings is 1. The van der Waals surface area contributed by atoms with Gasteiger partial charge in [0, 0.05) is 57.7 Å². The molecule has 0 aliphatic carbocycles. The van der Waals surface area contributed by atoms with Crippen LogP contribution in [0.4, 0.5) is 5.69 Å². The number of hydrogen-bond donors (Lipinski definition) is 1. The quantitative estimate of drug-likeness (QED) is 0.788. The maximum absolute atomic E-state index is 12.4. The number of methoxy groups -OCH3 is 1. The van der Waals surface area contributed by atoms with Gasteiger partial charge in [0.2, 0.25) is 5.91 Å². The maximum Gasteiger partial charge on any atom is 0.251 e. The standard InChI is InChI=1S/C19H26ClN3O3/c1-26-9-8-23-13-14(10-18(23)24)12-21-19(25)15-4-5-17(16(20)11-15)22-6-2-3-7-22/h4-5,11,14H,2-3,6-10,12-13H2,1H3,(H,21,25)/t14-/m1/s1. The first-order valence-corrected chi connectivity index (χ1v) is 9.55. The van der Waals surface area contributed by atoms with E-state index in [1.807, 2.05) is 12.1 Å². The van der Waals surface area contributed by atoms with Crippen LogP contribution in [0, 0.1) is 5.92 Å². The van der Waals surface area contributed by atoms with Crippen molar-refractivity contribution in [3.05, 3.63) is 28.8 Å². The van der Waals surface area contributed by atoms with Crippen molar-refractivity contribution >= 4 is 29.1 Å². The highest BCUT2D eigenvalue weighted by Crippen LogP contribution is 2.29. The lowest BCUT2D eigenvalue weighted by molar-refractivity contribution is -0.128. The smallest absolute Gasteiger partial charge is 0.251 e. The van der Waals surface area contributed by atoms with Crippen LogP contribution in [-0.2, 0) is 9.53 Å². The van der Waals surface area contributed by atoms with Gasteiger partial charge in [-0.05, 0) is 31.0 Å². The van der Waals surface area contributed by atoms with Gasteiger partial charge in [-0.25, -0.2) is 0 Å². The average Bonchev–Trinajstić information content (AvgIpc) is 3.27. The molecule has 6 nitrogen and oxygen atoms in total. The van der Waals surface area contributed by atoms with Crippen molar-refractivity contribution in [2.24, 2.45) is 5.92 Å². The molecule has 0 aromatic heterocycles. The Morgan fingerprint density at radius 2 is 2.12 bits per heavy atom. The summed E-state index contributed by atoms with van der Waals surface area (Å²) in [4.78, 5) is 28.4. The number of halogens is 1. The first kappa shape index (κ1) is 19.0. The minimum atomic E-state index is -0.150. The van der Waals surface area contributed by atoms with Gasteiger partial charge < -0.3 is 19.9 Å². The topological polar surface area (TPSA) is 61.9 Å². The lowest BCUT2D eigenvalue weighted by Gasteiger charge is -2.19. The van der Waals surface area contributed by atoms with Gasteiger partial charge in [-0.1, -0.05) is 11.6 Å². The fraction of sp³-hybridized carbons (Fsp3) is 0.579. The summed E-state index contributed by atoms with van der Waals surface area (Å²) in [6, 6.07) is 5.48. The molecule has 7 heteroatoms. The van der Waals surface area contributed by atoms with Crippen LogP contribution in [-0.4, -0.2) is 63.2 Å². The predicted octanol–water partition coefficient (Wildman–Crippen LogP) is 2.16. The molecule has 0 unspecified atom stereocenters. The first-order valence-electron chi connectivity index (χ1n) is 9.18. The van der Waals surface area contributed by atoms with E-state index in [0.29, 0.717) is 43.2 Å². The number of ether oxygens (including phenoxy) is 1. The van der Waals surface area contributed by atoms with Gasteiger partial charge in [-0.2, -0.15) is 0 Å². The van der Waals surface area contributed by atoms with Crippen molar-refractivity contribution < 1.29 is 14.3 Å². The number of nitrogens with zero attached hydrogens (tertiary/aromatic N) is 2. The molecule has 1 N–H and O–H groups in total. The maximum atomic E-state index is 12.4. The average molecular weight is 380 g/mol. The molecule has 0 spiro atoms. The van der Waals surface area contributed by atoms with Crippen LogP contribution in [0.25, 0.3) is 0 Å². The van der Waals surface area contributed by atoms with Gasteiger partial charge in [-0.15, -0.1) is 0 Å². The Labute approximate surface area is 159 Å². The number of hydrogen-bond acceptors (Lipinski definition) is 4. The van der Waals surface area contributed by atoms with E-state index in [9.17, 15) is 9.59 Å². The Morgan fingerprint density at radius 3 is 2.81 bits per heavy atom. The van der Waals surface area contributed by atoms with Crippen LogP contribution < -0.4 is 10.2 Å². The van der Waals surface area contributed by atoms with Crippen LogP contribution in [0.5, 0.6) is 0 Å². The molecule has 0 radical (unpaired) electrons. The normalized spacial score (nSPS) is 20.1. The number of carbonyl (C=O) groups excluding carboxylic acids is 2. The van der Waals surface area contributed by atoms with E-state index in [2.05, 4.69) is 10.2 Å². The number of likely N-dealkylation sites (tertiary alicyclic amines) is 1. The number of amides is 2. The van der Waals surface area contributed by atoms with Crippen molar-refractivity contribution in [3.63, 3.8) is 0 Å². The third kappa shape index (κ3) is 4.48. The van der Waals surface area contributed by atoms with E-state index in [1.165, 1.54) is 12.8 Å². The molecule has 142 valence electrons.